The lowest BCUT2D eigenvalue weighted by Gasteiger charge is -2.44. The normalized spacial score (nSPS) is 42.0. The molecule has 0 aromatic heterocycles. The third-order valence-electron chi connectivity index (χ3n) is 2.99. The molecule has 2 nitrogen and oxygen atoms in total. The van der Waals surface area contributed by atoms with Gasteiger partial charge in [-0.2, -0.15) is 0 Å². The zero-order valence-corrected chi connectivity index (χ0v) is 6.92. The Kier molecular flexibility index (Phi) is 1.86. The fraction of sp³-hybridized carbons (Fsp3) is 0.778. The van der Waals surface area contributed by atoms with Crippen molar-refractivity contribution in [3.63, 3.8) is 0 Å². The highest BCUT2D eigenvalue weighted by atomic mass is 15.2. The second-order valence-corrected chi connectivity index (χ2v) is 3.62. The lowest BCUT2D eigenvalue weighted by molar-refractivity contribution is 0.0789. The zero-order chi connectivity index (χ0) is 7.68. The highest BCUT2D eigenvalue weighted by Gasteiger charge is 2.32. The first kappa shape index (κ1) is 7.17. The van der Waals surface area contributed by atoms with Crippen LogP contribution in [0.4, 0.5) is 0 Å². The number of rotatable bonds is 2. The van der Waals surface area contributed by atoms with Crippen molar-refractivity contribution in [2.75, 3.05) is 19.6 Å². The van der Waals surface area contributed by atoms with Crippen LogP contribution in [-0.4, -0.2) is 30.6 Å². The monoisotopic (exact) mass is 152 g/mol. The first-order valence-electron chi connectivity index (χ1n) is 4.49. The largest absolute Gasteiger partial charge is 0.387 e. The van der Waals surface area contributed by atoms with Gasteiger partial charge >= 0.3 is 0 Å². The second-order valence-electron chi connectivity index (χ2n) is 3.62. The summed E-state index contributed by atoms with van der Waals surface area (Å²) in [4.78, 5) is 2.54. The van der Waals surface area contributed by atoms with Crippen LogP contribution in [0.2, 0.25) is 0 Å². The van der Waals surface area contributed by atoms with Gasteiger partial charge in [0.1, 0.15) is 0 Å². The summed E-state index contributed by atoms with van der Waals surface area (Å²) in [6.07, 6.45) is 4.60. The van der Waals surface area contributed by atoms with Gasteiger partial charge in [0.25, 0.3) is 0 Å². The van der Waals surface area contributed by atoms with Crippen molar-refractivity contribution in [3.05, 3.63) is 12.8 Å². The summed E-state index contributed by atoms with van der Waals surface area (Å²) in [6.45, 7) is 7.58. The molecule has 62 valence electrons. The Hall–Kier alpha value is -0.500. The molecule has 2 heteroatoms. The Labute approximate surface area is 68.3 Å². The number of nitrogens with zero attached hydrogens (tertiary/aromatic N) is 1. The molecule has 2 bridgehead atoms. The van der Waals surface area contributed by atoms with Gasteiger partial charge in [-0.15, -0.1) is 0 Å². The SMILES string of the molecule is C=CN[C@@H]1CN2CCC1CC2. The molecular formula is C9H16N2. The smallest absolute Gasteiger partial charge is 0.0411 e. The summed E-state index contributed by atoms with van der Waals surface area (Å²) in [6, 6.07) is 0.690. The Balaban J connectivity index is 1.97. The van der Waals surface area contributed by atoms with Gasteiger partial charge in [0.15, 0.2) is 0 Å². The minimum absolute atomic E-state index is 0.690. The Morgan fingerprint density at radius 1 is 1.36 bits per heavy atom. The molecular weight excluding hydrogens is 136 g/mol. The Morgan fingerprint density at radius 2 is 2.09 bits per heavy atom. The predicted octanol–water partition coefficient (Wildman–Crippen LogP) is 0.814. The van der Waals surface area contributed by atoms with Crippen LogP contribution in [0.25, 0.3) is 0 Å². The lowest BCUT2D eigenvalue weighted by atomic mass is 9.84. The van der Waals surface area contributed by atoms with Gasteiger partial charge in [-0.25, -0.2) is 0 Å². The highest BCUT2D eigenvalue weighted by molar-refractivity contribution is 4.92. The minimum Gasteiger partial charge on any atom is -0.387 e. The molecule has 0 spiro atoms. The van der Waals surface area contributed by atoms with Crippen LogP contribution >= 0.6 is 0 Å². The fourth-order valence-corrected chi connectivity index (χ4v) is 2.31. The summed E-state index contributed by atoms with van der Waals surface area (Å²) in [7, 11) is 0. The van der Waals surface area contributed by atoms with Gasteiger partial charge in [-0.05, 0) is 38.0 Å². The van der Waals surface area contributed by atoms with Crippen LogP contribution < -0.4 is 5.32 Å². The molecule has 0 unspecified atom stereocenters. The Morgan fingerprint density at radius 3 is 2.55 bits per heavy atom. The van der Waals surface area contributed by atoms with E-state index in [0.717, 1.165) is 5.92 Å². The summed E-state index contributed by atoms with van der Waals surface area (Å²) in [5, 5.41) is 3.34. The predicted molar refractivity (Wildman–Crippen MR) is 46.3 cm³/mol. The maximum Gasteiger partial charge on any atom is 0.0411 e. The van der Waals surface area contributed by atoms with Crippen LogP contribution in [0.3, 0.4) is 0 Å². The molecule has 3 heterocycles. The molecule has 11 heavy (non-hydrogen) atoms. The van der Waals surface area contributed by atoms with E-state index in [4.69, 9.17) is 0 Å². The van der Waals surface area contributed by atoms with E-state index in [0.29, 0.717) is 6.04 Å². The number of hydrogen-bond acceptors (Lipinski definition) is 2. The molecule has 3 rings (SSSR count). The number of nitrogens with one attached hydrogen (secondary N) is 1. The van der Waals surface area contributed by atoms with Gasteiger partial charge in [0.2, 0.25) is 0 Å². The van der Waals surface area contributed by atoms with Crippen molar-refractivity contribution in [2.45, 2.75) is 18.9 Å². The highest BCUT2D eigenvalue weighted by Crippen LogP contribution is 2.27. The van der Waals surface area contributed by atoms with Crippen molar-refractivity contribution >= 4 is 0 Å². The van der Waals surface area contributed by atoms with Gasteiger partial charge in [-0.1, -0.05) is 6.58 Å². The van der Waals surface area contributed by atoms with Gasteiger partial charge in [0, 0.05) is 12.6 Å². The quantitative estimate of drug-likeness (QED) is 0.630. The van der Waals surface area contributed by atoms with E-state index in [-0.39, 0.29) is 0 Å². The molecule has 3 saturated heterocycles. The van der Waals surface area contributed by atoms with E-state index in [9.17, 15) is 0 Å². The van der Waals surface area contributed by atoms with E-state index >= 15 is 0 Å². The number of fused-ring (bicyclic) bond motifs is 3. The first-order valence-corrected chi connectivity index (χ1v) is 4.49. The third kappa shape index (κ3) is 1.27. The summed E-state index contributed by atoms with van der Waals surface area (Å²) in [5.74, 6) is 0.915. The molecule has 0 radical (unpaired) electrons. The molecule has 3 aliphatic rings. The first-order chi connectivity index (χ1) is 5.40. The second kappa shape index (κ2) is 2.86. The standard InChI is InChI=1S/C9H16N2/c1-2-10-9-7-11-5-3-8(9)4-6-11/h2,8-10H,1,3-7H2/t9-/m1/s1. The number of piperidine rings is 3. The molecule has 0 aliphatic carbocycles. The van der Waals surface area contributed by atoms with E-state index in [2.05, 4.69) is 16.8 Å². The lowest BCUT2D eigenvalue weighted by Crippen LogP contribution is -2.54. The summed E-state index contributed by atoms with van der Waals surface area (Å²) in [5.41, 5.74) is 0. The van der Waals surface area contributed by atoms with Crippen LogP contribution in [-0.2, 0) is 0 Å². The topological polar surface area (TPSA) is 15.3 Å². The van der Waals surface area contributed by atoms with E-state index in [1.807, 2.05) is 6.20 Å². The van der Waals surface area contributed by atoms with Crippen molar-refractivity contribution in [3.8, 4) is 0 Å². The number of hydrogen-bond donors (Lipinski definition) is 1. The average molecular weight is 152 g/mol. The van der Waals surface area contributed by atoms with Gasteiger partial charge in [-0.3, -0.25) is 0 Å². The van der Waals surface area contributed by atoms with Crippen LogP contribution in [0.1, 0.15) is 12.8 Å². The minimum atomic E-state index is 0.690. The molecule has 0 aromatic carbocycles. The van der Waals surface area contributed by atoms with Gasteiger partial charge < -0.3 is 10.2 Å². The molecule has 0 amide bonds. The van der Waals surface area contributed by atoms with E-state index in [1.54, 1.807) is 0 Å². The molecule has 3 aliphatic heterocycles. The van der Waals surface area contributed by atoms with Crippen molar-refractivity contribution in [1.82, 2.24) is 10.2 Å². The van der Waals surface area contributed by atoms with Crippen LogP contribution in [0.15, 0.2) is 12.8 Å². The van der Waals surface area contributed by atoms with E-state index in [1.165, 1.54) is 32.5 Å². The van der Waals surface area contributed by atoms with Gasteiger partial charge in [0.05, 0.1) is 0 Å². The average Bonchev–Trinajstić information content (AvgIpc) is 2.07. The molecule has 1 N–H and O–H groups in total. The molecule has 0 saturated carbocycles. The van der Waals surface area contributed by atoms with Crippen molar-refractivity contribution in [2.24, 2.45) is 5.92 Å². The van der Waals surface area contributed by atoms with E-state index < -0.39 is 0 Å². The molecule has 0 aromatic rings. The molecule has 1 atom stereocenters. The third-order valence-corrected chi connectivity index (χ3v) is 2.99. The van der Waals surface area contributed by atoms with Crippen LogP contribution in [0.5, 0.6) is 0 Å². The zero-order valence-electron chi connectivity index (χ0n) is 6.92. The summed E-state index contributed by atoms with van der Waals surface area (Å²) >= 11 is 0. The maximum absolute atomic E-state index is 3.71. The fourth-order valence-electron chi connectivity index (χ4n) is 2.31. The van der Waals surface area contributed by atoms with Crippen molar-refractivity contribution < 1.29 is 0 Å². The summed E-state index contributed by atoms with van der Waals surface area (Å²) < 4.78 is 0. The van der Waals surface area contributed by atoms with Crippen LogP contribution in [0, 0.1) is 5.92 Å². The Bertz CT molecular complexity index is 148. The maximum atomic E-state index is 3.71. The van der Waals surface area contributed by atoms with Crippen molar-refractivity contribution in [1.29, 1.82) is 0 Å². The molecule has 3 fully saturated rings.